The SMILES string of the molecule is COc1ccc(C(=O)NCCNC(=O)[C@H](C)NS(=O)(=O)c2ccc(NC(C)=O)cc2)cc1. The van der Waals surface area contributed by atoms with Crippen molar-refractivity contribution in [2.45, 2.75) is 24.8 Å². The van der Waals surface area contributed by atoms with Crippen LogP contribution in [0.3, 0.4) is 0 Å². The highest BCUT2D eigenvalue weighted by Crippen LogP contribution is 2.14. The monoisotopic (exact) mass is 462 g/mol. The van der Waals surface area contributed by atoms with Gasteiger partial charge in [-0.05, 0) is 55.5 Å². The van der Waals surface area contributed by atoms with Crippen LogP contribution < -0.4 is 25.4 Å². The van der Waals surface area contributed by atoms with E-state index in [1.165, 1.54) is 45.2 Å². The third-order valence-corrected chi connectivity index (χ3v) is 5.83. The average Bonchev–Trinajstić information content (AvgIpc) is 2.76. The summed E-state index contributed by atoms with van der Waals surface area (Å²) in [7, 11) is -2.41. The Morgan fingerprint density at radius 1 is 0.938 bits per heavy atom. The molecule has 2 rings (SSSR count). The van der Waals surface area contributed by atoms with E-state index < -0.39 is 22.0 Å². The van der Waals surface area contributed by atoms with Crippen molar-refractivity contribution in [1.29, 1.82) is 0 Å². The van der Waals surface area contributed by atoms with E-state index in [-0.39, 0.29) is 29.8 Å². The van der Waals surface area contributed by atoms with Gasteiger partial charge in [0.25, 0.3) is 5.91 Å². The summed E-state index contributed by atoms with van der Waals surface area (Å²) >= 11 is 0. The largest absolute Gasteiger partial charge is 0.497 e. The number of rotatable bonds is 10. The number of carbonyl (C=O) groups excluding carboxylic acids is 3. The van der Waals surface area contributed by atoms with E-state index >= 15 is 0 Å². The highest BCUT2D eigenvalue weighted by Gasteiger charge is 2.22. The van der Waals surface area contributed by atoms with Gasteiger partial charge in [0.15, 0.2) is 0 Å². The average molecular weight is 463 g/mol. The minimum atomic E-state index is -3.94. The predicted molar refractivity (Wildman–Crippen MR) is 119 cm³/mol. The normalized spacial score (nSPS) is 11.8. The van der Waals surface area contributed by atoms with Crippen molar-refractivity contribution in [3.8, 4) is 5.75 Å². The first-order valence-corrected chi connectivity index (χ1v) is 11.2. The molecule has 0 heterocycles. The molecule has 0 unspecified atom stereocenters. The Bertz CT molecular complexity index is 1050. The molecule has 0 aliphatic heterocycles. The maximum Gasteiger partial charge on any atom is 0.251 e. The van der Waals surface area contributed by atoms with Crippen molar-refractivity contribution >= 4 is 33.4 Å². The van der Waals surface area contributed by atoms with Gasteiger partial charge in [-0.2, -0.15) is 4.72 Å². The highest BCUT2D eigenvalue weighted by molar-refractivity contribution is 7.89. The lowest BCUT2D eigenvalue weighted by Crippen LogP contribution is -2.46. The maximum atomic E-state index is 12.5. The van der Waals surface area contributed by atoms with Crippen molar-refractivity contribution < 1.29 is 27.5 Å². The molecule has 0 aliphatic carbocycles. The fraction of sp³-hybridized carbons (Fsp3) is 0.286. The topological polar surface area (TPSA) is 143 Å². The molecule has 10 nitrogen and oxygen atoms in total. The van der Waals surface area contributed by atoms with Gasteiger partial charge < -0.3 is 20.7 Å². The van der Waals surface area contributed by atoms with Crippen molar-refractivity contribution in [3.05, 3.63) is 54.1 Å². The molecule has 0 aliphatic rings. The Morgan fingerprint density at radius 3 is 2.09 bits per heavy atom. The molecule has 0 fully saturated rings. The first-order valence-electron chi connectivity index (χ1n) is 9.72. The predicted octanol–water partition coefficient (Wildman–Crippen LogP) is 0.867. The summed E-state index contributed by atoms with van der Waals surface area (Å²) in [6, 6.07) is 11.1. The van der Waals surface area contributed by atoms with Gasteiger partial charge in [0.05, 0.1) is 18.0 Å². The van der Waals surface area contributed by atoms with Crippen LogP contribution in [0.15, 0.2) is 53.4 Å². The van der Waals surface area contributed by atoms with Crippen LogP contribution >= 0.6 is 0 Å². The number of sulfonamides is 1. The third-order valence-electron chi connectivity index (χ3n) is 4.27. The first kappa shape index (κ1) is 24.8. The lowest BCUT2D eigenvalue weighted by atomic mass is 10.2. The molecule has 0 spiro atoms. The number of ether oxygens (including phenoxy) is 1. The Labute approximate surface area is 186 Å². The second kappa shape index (κ2) is 11.3. The van der Waals surface area contributed by atoms with Gasteiger partial charge in [-0.15, -0.1) is 0 Å². The fourth-order valence-electron chi connectivity index (χ4n) is 2.63. The molecule has 172 valence electrons. The standard InChI is InChI=1S/C21H26N4O6S/c1-14(25-32(29,30)19-10-6-17(7-11-19)24-15(2)26)20(27)22-12-13-23-21(28)16-4-8-18(31-3)9-5-16/h4-11,14,25H,12-13H2,1-3H3,(H,22,27)(H,23,28)(H,24,26)/t14-/m0/s1. The van der Waals surface area contributed by atoms with Gasteiger partial charge in [-0.1, -0.05) is 0 Å². The van der Waals surface area contributed by atoms with Crippen molar-refractivity contribution in [2.24, 2.45) is 0 Å². The number of amides is 3. The van der Waals surface area contributed by atoms with Gasteiger partial charge in [-0.3, -0.25) is 14.4 Å². The van der Waals surface area contributed by atoms with Gasteiger partial charge >= 0.3 is 0 Å². The highest BCUT2D eigenvalue weighted by atomic mass is 32.2. The molecule has 32 heavy (non-hydrogen) atoms. The van der Waals surface area contributed by atoms with E-state index in [0.717, 1.165) is 0 Å². The molecule has 0 bridgehead atoms. The van der Waals surface area contributed by atoms with Crippen LogP contribution in [-0.4, -0.2) is 52.4 Å². The first-order chi connectivity index (χ1) is 15.1. The van der Waals surface area contributed by atoms with Gasteiger partial charge in [0.2, 0.25) is 21.8 Å². The van der Waals surface area contributed by atoms with Crippen LogP contribution in [0.4, 0.5) is 5.69 Å². The van der Waals surface area contributed by atoms with E-state index in [1.54, 1.807) is 24.3 Å². The lowest BCUT2D eigenvalue weighted by molar-refractivity contribution is -0.122. The molecular formula is C21H26N4O6S. The summed E-state index contributed by atoms with van der Waals surface area (Å²) in [5, 5.41) is 7.77. The Kier molecular flexibility index (Phi) is 8.73. The minimum absolute atomic E-state index is 0.0435. The smallest absolute Gasteiger partial charge is 0.251 e. The summed E-state index contributed by atoms with van der Waals surface area (Å²) in [5.41, 5.74) is 0.904. The molecule has 0 saturated carbocycles. The van der Waals surface area contributed by atoms with Crippen molar-refractivity contribution in [1.82, 2.24) is 15.4 Å². The lowest BCUT2D eigenvalue weighted by Gasteiger charge is -2.15. The zero-order chi connectivity index (χ0) is 23.7. The number of hydrogen-bond acceptors (Lipinski definition) is 6. The molecule has 2 aromatic rings. The van der Waals surface area contributed by atoms with Crippen molar-refractivity contribution in [3.63, 3.8) is 0 Å². The van der Waals surface area contributed by atoms with Crippen LogP contribution in [0.1, 0.15) is 24.2 Å². The van der Waals surface area contributed by atoms with E-state index in [9.17, 15) is 22.8 Å². The number of carbonyl (C=O) groups is 3. The second-order valence-electron chi connectivity index (χ2n) is 6.82. The zero-order valence-corrected chi connectivity index (χ0v) is 18.8. The Morgan fingerprint density at radius 2 is 1.53 bits per heavy atom. The summed E-state index contributed by atoms with van der Waals surface area (Å²) in [5.74, 6) is -0.487. The number of benzene rings is 2. The number of anilines is 1. The summed E-state index contributed by atoms with van der Waals surface area (Å²) in [6.07, 6.45) is 0. The summed E-state index contributed by atoms with van der Waals surface area (Å²) in [6.45, 7) is 3.05. The molecule has 1 atom stereocenters. The molecule has 11 heteroatoms. The van der Waals surface area contributed by atoms with E-state index in [0.29, 0.717) is 17.0 Å². The van der Waals surface area contributed by atoms with Crippen molar-refractivity contribution in [2.75, 3.05) is 25.5 Å². The van der Waals surface area contributed by atoms with Crippen LogP contribution in [0.2, 0.25) is 0 Å². The van der Waals surface area contributed by atoms with Crippen LogP contribution in [0.25, 0.3) is 0 Å². The summed E-state index contributed by atoms with van der Waals surface area (Å²) in [4.78, 5) is 35.3. The third kappa shape index (κ3) is 7.36. The van der Waals surface area contributed by atoms with Crippen LogP contribution in [0.5, 0.6) is 5.75 Å². The quantitative estimate of drug-likeness (QED) is 0.386. The number of nitrogens with one attached hydrogen (secondary N) is 4. The van der Waals surface area contributed by atoms with Crippen LogP contribution in [-0.2, 0) is 19.6 Å². The molecular weight excluding hydrogens is 436 g/mol. The van der Waals surface area contributed by atoms with E-state index in [4.69, 9.17) is 4.74 Å². The second-order valence-corrected chi connectivity index (χ2v) is 8.54. The zero-order valence-electron chi connectivity index (χ0n) is 18.0. The van der Waals surface area contributed by atoms with E-state index in [2.05, 4.69) is 20.7 Å². The number of hydrogen-bond donors (Lipinski definition) is 4. The summed E-state index contributed by atoms with van der Waals surface area (Å²) < 4.78 is 32.2. The molecule has 0 aromatic heterocycles. The molecule has 2 aromatic carbocycles. The maximum absolute atomic E-state index is 12.5. The van der Waals surface area contributed by atoms with E-state index in [1.807, 2.05) is 0 Å². The van der Waals surface area contributed by atoms with Gasteiger partial charge in [0.1, 0.15) is 5.75 Å². The van der Waals surface area contributed by atoms with Crippen LogP contribution in [0, 0.1) is 0 Å². The Balaban J connectivity index is 1.80. The van der Waals surface area contributed by atoms with Gasteiger partial charge in [0, 0.05) is 31.3 Å². The van der Waals surface area contributed by atoms with Gasteiger partial charge in [-0.25, -0.2) is 8.42 Å². The fourth-order valence-corrected chi connectivity index (χ4v) is 3.84. The Hall–Kier alpha value is -3.44. The molecule has 0 saturated heterocycles. The molecule has 4 N–H and O–H groups in total. The molecule has 0 radical (unpaired) electrons. The minimum Gasteiger partial charge on any atom is -0.497 e. The molecule has 3 amide bonds. The number of methoxy groups -OCH3 is 1.